The second-order valence-corrected chi connectivity index (χ2v) is 4.78. The molecule has 0 aliphatic carbocycles. The van der Waals surface area contributed by atoms with Crippen LogP contribution in [0.25, 0.3) is 0 Å². The van der Waals surface area contributed by atoms with E-state index in [1.807, 2.05) is 25.7 Å². The highest BCUT2D eigenvalue weighted by molar-refractivity contribution is 5.90. The number of carbonyl (C=O) groups excluding carboxylic acids is 1. The third-order valence-corrected chi connectivity index (χ3v) is 3.30. The van der Waals surface area contributed by atoms with Crippen molar-refractivity contribution in [2.45, 2.75) is 26.3 Å². The summed E-state index contributed by atoms with van der Waals surface area (Å²) >= 11 is 0. The molecular weight excluding hydrogens is 232 g/mol. The van der Waals surface area contributed by atoms with Gasteiger partial charge in [0.2, 0.25) is 5.91 Å². The molecule has 1 aromatic heterocycles. The number of amides is 1. The average Bonchev–Trinajstić information content (AvgIpc) is 2.34. The molecule has 1 aliphatic rings. The van der Waals surface area contributed by atoms with E-state index in [1.165, 1.54) is 6.33 Å². The zero-order valence-corrected chi connectivity index (χ0v) is 10.8. The van der Waals surface area contributed by atoms with E-state index in [2.05, 4.69) is 20.7 Å². The van der Waals surface area contributed by atoms with Gasteiger partial charge in [0.15, 0.2) is 0 Å². The molecule has 1 saturated heterocycles. The first-order chi connectivity index (χ1) is 8.48. The number of hydrogen-bond acceptors (Lipinski definition) is 6. The van der Waals surface area contributed by atoms with Crippen LogP contribution in [0.4, 0.5) is 11.6 Å². The highest BCUT2D eigenvalue weighted by Crippen LogP contribution is 2.29. The smallest absolute Gasteiger partial charge is 0.245 e. The fourth-order valence-electron chi connectivity index (χ4n) is 2.13. The van der Waals surface area contributed by atoms with E-state index >= 15 is 0 Å². The number of aromatic nitrogens is 2. The lowest BCUT2D eigenvalue weighted by Crippen LogP contribution is -2.62. The Labute approximate surface area is 106 Å². The topological polar surface area (TPSA) is 96.2 Å². The summed E-state index contributed by atoms with van der Waals surface area (Å²) in [5, 5.41) is 2.86. The molecule has 0 spiro atoms. The largest absolute Gasteiger partial charge is 0.352 e. The lowest BCUT2D eigenvalue weighted by atomic mass is 9.98. The number of nitrogens with two attached hydrogens (primary N) is 1. The van der Waals surface area contributed by atoms with Gasteiger partial charge in [-0.3, -0.25) is 4.79 Å². The van der Waals surface area contributed by atoms with Crippen molar-refractivity contribution in [1.82, 2.24) is 15.3 Å². The van der Waals surface area contributed by atoms with Gasteiger partial charge in [-0.1, -0.05) is 0 Å². The molecule has 1 aliphatic heterocycles. The van der Waals surface area contributed by atoms with Crippen LogP contribution in [0.1, 0.15) is 19.4 Å². The first-order valence-electron chi connectivity index (χ1n) is 5.82. The maximum atomic E-state index is 11.9. The molecule has 0 bridgehead atoms. The molecule has 0 saturated carbocycles. The molecule has 1 aromatic rings. The van der Waals surface area contributed by atoms with E-state index in [-0.39, 0.29) is 5.91 Å². The Morgan fingerprint density at radius 1 is 1.50 bits per heavy atom. The molecule has 1 amide bonds. The zero-order chi connectivity index (χ0) is 13.3. The summed E-state index contributed by atoms with van der Waals surface area (Å²) in [5.41, 5.74) is 2.74. The van der Waals surface area contributed by atoms with Crippen molar-refractivity contribution in [3.05, 3.63) is 11.9 Å². The van der Waals surface area contributed by atoms with Crippen LogP contribution >= 0.6 is 0 Å². The number of nitrogens with zero attached hydrogens (tertiary/aromatic N) is 3. The summed E-state index contributed by atoms with van der Waals surface area (Å²) in [4.78, 5) is 22.2. The first-order valence-corrected chi connectivity index (χ1v) is 5.82. The lowest BCUT2D eigenvalue weighted by Gasteiger charge is -2.42. The molecule has 7 nitrogen and oxygen atoms in total. The summed E-state index contributed by atoms with van der Waals surface area (Å²) < 4.78 is 0. The van der Waals surface area contributed by atoms with Crippen molar-refractivity contribution in [1.29, 1.82) is 0 Å². The molecule has 0 aromatic carbocycles. The van der Waals surface area contributed by atoms with E-state index in [9.17, 15) is 4.79 Å². The monoisotopic (exact) mass is 250 g/mol. The number of hydrazine groups is 1. The van der Waals surface area contributed by atoms with Crippen molar-refractivity contribution in [2.24, 2.45) is 5.84 Å². The van der Waals surface area contributed by atoms with Crippen molar-refractivity contribution in [2.75, 3.05) is 23.4 Å². The van der Waals surface area contributed by atoms with E-state index < -0.39 is 5.54 Å². The second kappa shape index (κ2) is 4.41. The number of nitrogen functional groups attached to an aromatic ring is 1. The summed E-state index contributed by atoms with van der Waals surface area (Å²) in [6.45, 7) is 6.95. The highest BCUT2D eigenvalue weighted by Gasteiger charge is 2.39. The molecule has 18 heavy (non-hydrogen) atoms. The van der Waals surface area contributed by atoms with E-state index in [4.69, 9.17) is 5.84 Å². The maximum Gasteiger partial charge on any atom is 0.245 e. The Morgan fingerprint density at radius 3 is 2.89 bits per heavy atom. The van der Waals surface area contributed by atoms with Crippen LogP contribution in [0.3, 0.4) is 0 Å². The molecule has 0 radical (unpaired) electrons. The number of rotatable bonds is 2. The predicted octanol–water partition coefficient (Wildman–Crippen LogP) is -0.215. The normalized spacial score (nSPS) is 18.4. The molecule has 0 unspecified atom stereocenters. The van der Waals surface area contributed by atoms with Crippen molar-refractivity contribution >= 4 is 17.5 Å². The van der Waals surface area contributed by atoms with Crippen LogP contribution in [0.5, 0.6) is 0 Å². The van der Waals surface area contributed by atoms with E-state index in [0.29, 0.717) is 18.9 Å². The Morgan fingerprint density at radius 2 is 2.22 bits per heavy atom. The molecule has 7 heteroatoms. The van der Waals surface area contributed by atoms with Gasteiger partial charge in [-0.05, 0) is 20.8 Å². The quantitative estimate of drug-likeness (QED) is 0.496. The van der Waals surface area contributed by atoms with Crippen LogP contribution < -0.4 is 21.5 Å². The maximum absolute atomic E-state index is 11.9. The first kappa shape index (κ1) is 12.6. The SMILES string of the molecule is Cc1c(NN)ncnc1N1CCNC(=O)C1(C)C. The molecule has 2 heterocycles. The molecule has 0 atom stereocenters. The van der Waals surface area contributed by atoms with Gasteiger partial charge in [0.1, 0.15) is 23.5 Å². The Hall–Kier alpha value is -1.89. The number of anilines is 2. The third-order valence-electron chi connectivity index (χ3n) is 3.30. The molecule has 2 rings (SSSR count). The third kappa shape index (κ3) is 1.86. The number of hydrogen-bond donors (Lipinski definition) is 3. The minimum absolute atomic E-state index is 0.00554. The minimum Gasteiger partial charge on any atom is -0.352 e. The standard InChI is InChI=1S/C11H18N6O/c1-7-8(16-12)14-6-15-9(7)17-5-4-13-10(18)11(17,2)3/h6H,4-5,12H2,1-3H3,(H,13,18)(H,14,15,16). The molecular formula is C11H18N6O. The summed E-state index contributed by atoms with van der Waals surface area (Å²) in [7, 11) is 0. The summed E-state index contributed by atoms with van der Waals surface area (Å²) in [6.07, 6.45) is 1.44. The fourth-order valence-corrected chi connectivity index (χ4v) is 2.13. The van der Waals surface area contributed by atoms with Crippen molar-refractivity contribution < 1.29 is 4.79 Å². The number of piperazine rings is 1. The van der Waals surface area contributed by atoms with Gasteiger partial charge in [-0.15, -0.1) is 0 Å². The van der Waals surface area contributed by atoms with Gasteiger partial charge >= 0.3 is 0 Å². The van der Waals surface area contributed by atoms with Gasteiger partial charge in [0.25, 0.3) is 0 Å². The predicted molar refractivity (Wildman–Crippen MR) is 69.0 cm³/mol. The zero-order valence-electron chi connectivity index (χ0n) is 10.8. The van der Waals surface area contributed by atoms with Gasteiger partial charge in [0, 0.05) is 18.7 Å². The Bertz CT molecular complexity index is 473. The summed E-state index contributed by atoms with van der Waals surface area (Å²) in [5.74, 6) is 6.71. The van der Waals surface area contributed by atoms with Gasteiger partial charge in [-0.25, -0.2) is 15.8 Å². The van der Waals surface area contributed by atoms with Crippen LogP contribution in [-0.2, 0) is 4.79 Å². The molecule has 4 N–H and O–H groups in total. The van der Waals surface area contributed by atoms with Crippen LogP contribution in [0, 0.1) is 6.92 Å². The van der Waals surface area contributed by atoms with E-state index in [0.717, 1.165) is 11.4 Å². The molecule has 98 valence electrons. The molecule has 1 fully saturated rings. The number of carbonyl (C=O) groups is 1. The van der Waals surface area contributed by atoms with Crippen molar-refractivity contribution in [3.8, 4) is 0 Å². The van der Waals surface area contributed by atoms with Gasteiger partial charge in [0.05, 0.1) is 0 Å². The second-order valence-electron chi connectivity index (χ2n) is 4.78. The van der Waals surface area contributed by atoms with Gasteiger partial charge in [-0.2, -0.15) is 0 Å². The van der Waals surface area contributed by atoms with Crippen LogP contribution in [-0.4, -0.2) is 34.5 Å². The fraction of sp³-hybridized carbons (Fsp3) is 0.545. The average molecular weight is 250 g/mol. The van der Waals surface area contributed by atoms with Crippen LogP contribution in [0.15, 0.2) is 6.33 Å². The minimum atomic E-state index is -0.636. The van der Waals surface area contributed by atoms with E-state index in [1.54, 1.807) is 0 Å². The van der Waals surface area contributed by atoms with Crippen LogP contribution in [0.2, 0.25) is 0 Å². The number of nitrogens with one attached hydrogen (secondary N) is 2. The lowest BCUT2D eigenvalue weighted by molar-refractivity contribution is -0.126. The summed E-state index contributed by atoms with van der Waals surface area (Å²) in [6, 6.07) is 0. The Kier molecular flexibility index (Phi) is 3.08. The highest BCUT2D eigenvalue weighted by atomic mass is 16.2. The van der Waals surface area contributed by atoms with Crippen molar-refractivity contribution in [3.63, 3.8) is 0 Å². The Balaban J connectivity index is 2.45. The van der Waals surface area contributed by atoms with Gasteiger partial charge < -0.3 is 15.6 Å².